The molecule has 0 rings (SSSR count). The molecule has 0 saturated carbocycles. The van der Waals surface area contributed by atoms with Gasteiger partial charge in [0, 0.05) is 5.92 Å². The third-order valence-corrected chi connectivity index (χ3v) is 2.74. The molecular weight excluding hydrogens is 230 g/mol. The number of amides is 1. The van der Waals surface area contributed by atoms with Gasteiger partial charge in [-0.2, -0.15) is 0 Å². The predicted octanol–water partition coefficient (Wildman–Crippen LogP) is 3.15. The molecule has 1 amide bonds. The Bertz CT molecular complexity index is 292. The van der Waals surface area contributed by atoms with Crippen LogP contribution < -0.4 is 5.32 Å². The van der Waals surface area contributed by atoms with Gasteiger partial charge >= 0.3 is 6.09 Å². The number of hydrogen-bond donors (Lipinski definition) is 1. The van der Waals surface area contributed by atoms with Crippen LogP contribution in [0.25, 0.3) is 0 Å². The van der Waals surface area contributed by atoms with Gasteiger partial charge in [-0.15, -0.1) is 0 Å². The molecule has 0 aliphatic heterocycles. The average molecular weight is 257 g/mol. The first-order valence-corrected chi connectivity index (χ1v) is 6.61. The molecule has 0 aromatic rings. The van der Waals surface area contributed by atoms with Crippen LogP contribution in [0.15, 0.2) is 0 Å². The molecule has 18 heavy (non-hydrogen) atoms. The molecule has 106 valence electrons. The zero-order valence-corrected chi connectivity index (χ0v) is 12.7. The van der Waals surface area contributed by atoms with E-state index in [9.17, 15) is 9.59 Å². The van der Waals surface area contributed by atoms with Crippen LogP contribution in [0.2, 0.25) is 0 Å². The van der Waals surface area contributed by atoms with Crippen LogP contribution in [0.1, 0.15) is 54.9 Å². The second-order valence-electron chi connectivity index (χ2n) is 6.08. The first-order valence-electron chi connectivity index (χ1n) is 6.61. The van der Waals surface area contributed by atoms with Crippen molar-refractivity contribution in [1.29, 1.82) is 0 Å². The van der Waals surface area contributed by atoms with E-state index in [-0.39, 0.29) is 17.6 Å². The monoisotopic (exact) mass is 257 g/mol. The van der Waals surface area contributed by atoms with Crippen molar-refractivity contribution in [2.24, 2.45) is 11.8 Å². The molecule has 0 aromatic heterocycles. The van der Waals surface area contributed by atoms with E-state index in [0.29, 0.717) is 0 Å². The van der Waals surface area contributed by atoms with Gasteiger partial charge in [-0.05, 0) is 33.1 Å². The summed E-state index contributed by atoms with van der Waals surface area (Å²) in [6.45, 7) is 13.1. The number of nitrogens with one attached hydrogen (secondary N) is 1. The molecule has 0 heterocycles. The summed E-state index contributed by atoms with van der Waals surface area (Å²) in [5.74, 6) is 0.0738. The van der Waals surface area contributed by atoms with E-state index < -0.39 is 17.7 Å². The quantitative estimate of drug-likeness (QED) is 0.823. The Kier molecular flexibility index (Phi) is 6.36. The van der Waals surface area contributed by atoms with Crippen molar-refractivity contribution in [3.63, 3.8) is 0 Å². The van der Waals surface area contributed by atoms with Gasteiger partial charge in [-0.25, -0.2) is 4.79 Å². The van der Waals surface area contributed by atoms with Crippen LogP contribution in [0.3, 0.4) is 0 Å². The number of rotatable bonds is 5. The van der Waals surface area contributed by atoms with Crippen LogP contribution in [0, 0.1) is 11.8 Å². The Labute approximate surface area is 110 Å². The maximum Gasteiger partial charge on any atom is 0.408 e. The molecule has 0 radical (unpaired) electrons. The van der Waals surface area contributed by atoms with Crippen molar-refractivity contribution in [3.8, 4) is 0 Å². The Balaban J connectivity index is 4.65. The topological polar surface area (TPSA) is 55.4 Å². The molecule has 0 fully saturated rings. The molecule has 1 N–H and O–H groups in total. The average Bonchev–Trinajstić information content (AvgIpc) is 2.20. The molecule has 0 bridgehead atoms. The number of ketones is 1. The fraction of sp³-hybridized carbons (Fsp3) is 0.857. The Morgan fingerprint density at radius 2 is 1.67 bits per heavy atom. The van der Waals surface area contributed by atoms with Crippen molar-refractivity contribution in [2.45, 2.75) is 66.5 Å². The summed E-state index contributed by atoms with van der Waals surface area (Å²) in [6.07, 6.45) is 0.246. The SMILES string of the molecule is CCC(C)C(=O)[C@@H](NC(=O)OC(C)(C)C)C(C)C. The lowest BCUT2D eigenvalue weighted by atomic mass is 9.91. The lowest BCUT2D eigenvalue weighted by Gasteiger charge is -2.26. The number of carbonyl (C=O) groups excluding carboxylic acids is 2. The van der Waals surface area contributed by atoms with Gasteiger partial charge in [0.05, 0.1) is 6.04 Å². The highest BCUT2D eigenvalue weighted by Gasteiger charge is 2.29. The first kappa shape index (κ1) is 16.9. The summed E-state index contributed by atoms with van der Waals surface area (Å²) in [5, 5.41) is 2.68. The maximum atomic E-state index is 12.1. The molecular formula is C14H27NO3. The third kappa shape index (κ3) is 6.03. The van der Waals surface area contributed by atoms with Crippen LogP contribution in [0.5, 0.6) is 0 Å². The van der Waals surface area contributed by atoms with Crippen LogP contribution in [-0.4, -0.2) is 23.5 Å². The van der Waals surface area contributed by atoms with Crippen molar-refractivity contribution in [2.75, 3.05) is 0 Å². The third-order valence-electron chi connectivity index (χ3n) is 2.74. The van der Waals surface area contributed by atoms with E-state index in [1.165, 1.54) is 0 Å². The normalized spacial score (nSPS) is 15.1. The van der Waals surface area contributed by atoms with E-state index in [1.54, 1.807) is 20.8 Å². The smallest absolute Gasteiger partial charge is 0.408 e. The summed E-state index contributed by atoms with van der Waals surface area (Å²) >= 11 is 0. The Morgan fingerprint density at radius 3 is 2.00 bits per heavy atom. The lowest BCUT2D eigenvalue weighted by Crippen LogP contribution is -2.48. The Hall–Kier alpha value is -1.06. The number of Topliss-reactive ketones (excluding diaryl/α,β-unsaturated/α-hetero) is 1. The van der Waals surface area contributed by atoms with Crippen LogP contribution in [0.4, 0.5) is 4.79 Å². The molecule has 4 heteroatoms. The minimum absolute atomic E-state index is 0.0488. The standard InChI is InChI=1S/C14H27NO3/c1-8-10(4)12(16)11(9(2)3)15-13(17)18-14(5,6)7/h9-11H,8H2,1-7H3,(H,15,17)/t10?,11-/m0/s1. The first-order chi connectivity index (χ1) is 8.08. The van der Waals surface area contributed by atoms with E-state index >= 15 is 0 Å². The van der Waals surface area contributed by atoms with Gasteiger partial charge in [0.25, 0.3) is 0 Å². The van der Waals surface area contributed by atoms with Crippen LogP contribution in [-0.2, 0) is 9.53 Å². The molecule has 0 aliphatic carbocycles. The van der Waals surface area contributed by atoms with Crippen molar-refractivity contribution in [1.82, 2.24) is 5.32 Å². The molecule has 0 aromatic carbocycles. The number of alkyl carbamates (subject to hydrolysis) is 1. The van der Waals surface area contributed by atoms with E-state index in [1.807, 2.05) is 27.7 Å². The largest absolute Gasteiger partial charge is 0.444 e. The van der Waals surface area contributed by atoms with Gasteiger partial charge in [-0.1, -0.05) is 27.7 Å². The van der Waals surface area contributed by atoms with Crippen molar-refractivity contribution < 1.29 is 14.3 Å². The van der Waals surface area contributed by atoms with Gasteiger partial charge in [0.2, 0.25) is 0 Å². The van der Waals surface area contributed by atoms with E-state index in [2.05, 4.69) is 5.32 Å². The minimum atomic E-state index is -0.551. The van der Waals surface area contributed by atoms with E-state index in [0.717, 1.165) is 6.42 Å². The number of carbonyl (C=O) groups is 2. The van der Waals surface area contributed by atoms with Gasteiger partial charge in [-0.3, -0.25) is 4.79 Å². The highest BCUT2D eigenvalue weighted by Crippen LogP contribution is 2.13. The summed E-state index contributed by atoms with van der Waals surface area (Å²) in [4.78, 5) is 23.8. The van der Waals surface area contributed by atoms with E-state index in [4.69, 9.17) is 4.74 Å². The fourth-order valence-electron chi connectivity index (χ4n) is 1.51. The molecule has 0 aliphatic rings. The molecule has 4 nitrogen and oxygen atoms in total. The van der Waals surface area contributed by atoms with Gasteiger partial charge in [0.15, 0.2) is 5.78 Å². The lowest BCUT2D eigenvalue weighted by molar-refractivity contribution is -0.125. The molecule has 0 spiro atoms. The van der Waals surface area contributed by atoms with Gasteiger partial charge in [0.1, 0.15) is 5.60 Å². The summed E-state index contributed by atoms with van der Waals surface area (Å²) < 4.78 is 5.18. The second kappa shape index (κ2) is 6.76. The zero-order valence-electron chi connectivity index (χ0n) is 12.7. The minimum Gasteiger partial charge on any atom is -0.444 e. The Morgan fingerprint density at radius 1 is 1.17 bits per heavy atom. The second-order valence-corrected chi connectivity index (χ2v) is 6.08. The summed E-state index contributed by atoms with van der Waals surface area (Å²) in [6, 6.07) is -0.477. The highest BCUT2D eigenvalue weighted by molar-refractivity contribution is 5.89. The van der Waals surface area contributed by atoms with Crippen molar-refractivity contribution >= 4 is 11.9 Å². The maximum absolute atomic E-state index is 12.1. The molecule has 2 atom stereocenters. The van der Waals surface area contributed by atoms with Gasteiger partial charge < -0.3 is 10.1 Å². The fourth-order valence-corrected chi connectivity index (χ4v) is 1.51. The summed E-state index contributed by atoms with van der Waals surface area (Å²) in [7, 11) is 0. The van der Waals surface area contributed by atoms with Crippen LogP contribution >= 0.6 is 0 Å². The number of ether oxygens (including phenoxy) is 1. The zero-order chi connectivity index (χ0) is 14.5. The molecule has 0 saturated heterocycles. The highest BCUT2D eigenvalue weighted by atomic mass is 16.6. The summed E-state index contributed by atoms with van der Waals surface area (Å²) in [5.41, 5.74) is -0.551. The van der Waals surface area contributed by atoms with Crippen molar-refractivity contribution in [3.05, 3.63) is 0 Å². The molecule has 1 unspecified atom stereocenters. The number of hydrogen-bond acceptors (Lipinski definition) is 3. The predicted molar refractivity (Wildman–Crippen MR) is 72.5 cm³/mol.